The number of unbranched alkanes of at least 4 members (excludes halogenated alkanes) is 8. The van der Waals surface area contributed by atoms with E-state index in [1.165, 1.54) is 57.1 Å². The van der Waals surface area contributed by atoms with Crippen molar-refractivity contribution in [2.45, 2.75) is 71.1 Å². The second-order valence-corrected chi connectivity index (χ2v) is 6.07. The third kappa shape index (κ3) is 7.31. The molecule has 0 heterocycles. The van der Waals surface area contributed by atoms with Gasteiger partial charge in [0.05, 0.1) is 11.1 Å². The van der Waals surface area contributed by atoms with Crippen molar-refractivity contribution in [1.82, 2.24) is 0 Å². The Balaban J connectivity index is 2.31. The van der Waals surface area contributed by atoms with Crippen molar-refractivity contribution in [1.29, 1.82) is 0 Å². The predicted octanol–water partition coefficient (Wildman–Crippen LogP) is 5.16. The van der Waals surface area contributed by atoms with Crippen LogP contribution in [0.5, 0.6) is 0 Å². The Bertz CT molecular complexity index is 508. The standard InChI is InChI=1S/C19H28O4/c1-2-3-4-5-6-7-8-9-10-11-15-12-13-16(18(20)21)17(14-15)19(22)23/h12-14H,2-11H2,1H3,(H,20,21)(H,22,23). The minimum atomic E-state index is -1.20. The maximum Gasteiger partial charge on any atom is 0.336 e. The zero-order valence-electron chi connectivity index (χ0n) is 14.0. The zero-order chi connectivity index (χ0) is 17.1. The van der Waals surface area contributed by atoms with E-state index in [4.69, 9.17) is 10.2 Å². The van der Waals surface area contributed by atoms with Crippen LogP contribution in [0.2, 0.25) is 0 Å². The van der Waals surface area contributed by atoms with E-state index in [1.54, 1.807) is 6.07 Å². The maximum atomic E-state index is 11.1. The molecule has 0 saturated carbocycles. The van der Waals surface area contributed by atoms with Crippen LogP contribution in [-0.2, 0) is 6.42 Å². The Labute approximate surface area is 138 Å². The van der Waals surface area contributed by atoms with Crippen molar-refractivity contribution in [3.8, 4) is 0 Å². The van der Waals surface area contributed by atoms with Crippen molar-refractivity contribution < 1.29 is 19.8 Å². The highest BCUT2D eigenvalue weighted by Gasteiger charge is 2.16. The number of benzene rings is 1. The lowest BCUT2D eigenvalue weighted by Gasteiger charge is -2.06. The monoisotopic (exact) mass is 320 g/mol. The van der Waals surface area contributed by atoms with Crippen molar-refractivity contribution >= 4 is 11.9 Å². The molecule has 0 aliphatic rings. The molecule has 0 unspecified atom stereocenters. The first kappa shape index (κ1) is 19.2. The van der Waals surface area contributed by atoms with E-state index < -0.39 is 11.9 Å². The van der Waals surface area contributed by atoms with Gasteiger partial charge in [-0.15, -0.1) is 0 Å². The number of hydrogen-bond acceptors (Lipinski definition) is 2. The SMILES string of the molecule is CCCCCCCCCCCc1ccc(C(=O)O)c(C(=O)O)c1. The molecule has 0 amide bonds. The lowest BCUT2D eigenvalue weighted by Crippen LogP contribution is -2.08. The molecule has 1 aromatic carbocycles. The van der Waals surface area contributed by atoms with Crippen LogP contribution in [0, 0.1) is 0 Å². The zero-order valence-corrected chi connectivity index (χ0v) is 14.0. The second kappa shape index (κ2) is 10.8. The van der Waals surface area contributed by atoms with Crippen LogP contribution in [-0.4, -0.2) is 22.2 Å². The van der Waals surface area contributed by atoms with E-state index in [2.05, 4.69) is 6.92 Å². The van der Waals surface area contributed by atoms with Gasteiger partial charge in [-0.3, -0.25) is 0 Å². The van der Waals surface area contributed by atoms with Crippen molar-refractivity contribution in [2.24, 2.45) is 0 Å². The molecule has 0 aliphatic carbocycles. The van der Waals surface area contributed by atoms with Gasteiger partial charge in [-0.2, -0.15) is 0 Å². The van der Waals surface area contributed by atoms with E-state index >= 15 is 0 Å². The normalized spacial score (nSPS) is 10.7. The summed E-state index contributed by atoms with van der Waals surface area (Å²) in [5.41, 5.74) is 0.634. The van der Waals surface area contributed by atoms with Crippen LogP contribution in [0.1, 0.15) is 91.0 Å². The van der Waals surface area contributed by atoms with E-state index in [1.807, 2.05) is 0 Å². The van der Waals surface area contributed by atoms with Crippen molar-refractivity contribution in [2.75, 3.05) is 0 Å². The van der Waals surface area contributed by atoms with Gasteiger partial charge < -0.3 is 10.2 Å². The van der Waals surface area contributed by atoms with Crippen LogP contribution in [0.4, 0.5) is 0 Å². The van der Waals surface area contributed by atoms with Gasteiger partial charge in [0.25, 0.3) is 0 Å². The second-order valence-electron chi connectivity index (χ2n) is 6.07. The van der Waals surface area contributed by atoms with Crippen molar-refractivity contribution in [3.05, 3.63) is 34.9 Å². The molecule has 0 fully saturated rings. The molecule has 4 heteroatoms. The van der Waals surface area contributed by atoms with Crippen LogP contribution in [0.15, 0.2) is 18.2 Å². The number of aromatic carboxylic acids is 2. The first-order chi connectivity index (χ1) is 11.1. The molecule has 0 aliphatic heterocycles. The smallest absolute Gasteiger partial charge is 0.336 e. The number of carboxylic acid groups (broad SMARTS) is 2. The Kier molecular flexibility index (Phi) is 9.03. The summed E-state index contributed by atoms with van der Waals surface area (Å²) >= 11 is 0. The van der Waals surface area contributed by atoms with E-state index in [-0.39, 0.29) is 11.1 Å². The minimum absolute atomic E-state index is 0.120. The molecular formula is C19H28O4. The molecule has 0 radical (unpaired) electrons. The van der Waals surface area contributed by atoms with E-state index in [9.17, 15) is 9.59 Å². The Morgan fingerprint density at radius 3 is 1.83 bits per heavy atom. The summed E-state index contributed by atoms with van der Waals surface area (Å²) in [6.45, 7) is 2.22. The molecule has 1 aromatic rings. The molecule has 1 rings (SSSR count). The molecule has 2 N–H and O–H groups in total. The van der Waals surface area contributed by atoms with Crippen LogP contribution < -0.4 is 0 Å². The Morgan fingerprint density at radius 2 is 1.30 bits per heavy atom. The lowest BCUT2D eigenvalue weighted by molar-refractivity contribution is 0.0651. The summed E-state index contributed by atoms with van der Waals surface area (Å²) in [7, 11) is 0. The highest BCUT2D eigenvalue weighted by atomic mass is 16.4. The van der Waals surface area contributed by atoms with Gasteiger partial charge >= 0.3 is 11.9 Å². The molecular weight excluding hydrogens is 292 g/mol. The van der Waals surface area contributed by atoms with Gasteiger partial charge in [0.15, 0.2) is 0 Å². The molecule has 23 heavy (non-hydrogen) atoms. The van der Waals surface area contributed by atoms with Crippen LogP contribution in [0.25, 0.3) is 0 Å². The van der Waals surface area contributed by atoms with E-state index in [0.717, 1.165) is 24.8 Å². The fourth-order valence-electron chi connectivity index (χ4n) is 2.75. The third-order valence-electron chi connectivity index (χ3n) is 4.11. The average Bonchev–Trinajstić information content (AvgIpc) is 2.53. The Hall–Kier alpha value is -1.84. The molecule has 0 saturated heterocycles. The predicted molar refractivity (Wildman–Crippen MR) is 91.3 cm³/mol. The first-order valence-corrected chi connectivity index (χ1v) is 8.65. The molecule has 0 atom stereocenters. The van der Waals surface area contributed by atoms with Crippen LogP contribution in [0.3, 0.4) is 0 Å². The molecule has 0 spiro atoms. The summed E-state index contributed by atoms with van der Waals surface area (Å²) < 4.78 is 0. The molecule has 4 nitrogen and oxygen atoms in total. The average molecular weight is 320 g/mol. The third-order valence-corrected chi connectivity index (χ3v) is 4.11. The fourth-order valence-corrected chi connectivity index (χ4v) is 2.75. The van der Waals surface area contributed by atoms with Crippen LogP contribution >= 0.6 is 0 Å². The quantitative estimate of drug-likeness (QED) is 0.522. The highest BCUT2D eigenvalue weighted by molar-refractivity contribution is 6.01. The van der Waals surface area contributed by atoms with Gasteiger partial charge in [0.1, 0.15) is 0 Å². The summed E-state index contributed by atoms with van der Waals surface area (Å²) in [4.78, 5) is 22.1. The van der Waals surface area contributed by atoms with Gasteiger partial charge in [-0.25, -0.2) is 9.59 Å². The summed E-state index contributed by atoms with van der Waals surface area (Å²) in [6.07, 6.45) is 12.0. The maximum absolute atomic E-state index is 11.1. The summed E-state index contributed by atoms with van der Waals surface area (Å²) in [5, 5.41) is 18.1. The largest absolute Gasteiger partial charge is 0.478 e. The summed E-state index contributed by atoms with van der Waals surface area (Å²) in [5.74, 6) is -2.38. The number of carboxylic acids is 2. The van der Waals surface area contributed by atoms with Gasteiger partial charge in [-0.1, -0.05) is 64.4 Å². The lowest BCUT2D eigenvalue weighted by atomic mass is 9.99. The summed E-state index contributed by atoms with van der Waals surface area (Å²) in [6, 6.07) is 4.62. The number of aryl methyl sites for hydroxylation is 1. The Morgan fingerprint density at radius 1 is 0.783 bits per heavy atom. The fraction of sp³-hybridized carbons (Fsp3) is 0.579. The first-order valence-electron chi connectivity index (χ1n) is 8.65. The molecule has 128 valence electrons. The minimum Gasteiger partial charge on any atom is -0.478 e. The highest BCUT2D eigenvalue weighted by Crippen LogP contribution is 2.16. The molecule has 0 bridgehead atoms. The van der Waals surface area contributed by atoms with Gasteiger partial charge in [-0.05, 0) is 30.5 Å². The topological polar surface area (TPSA) is 74.6 Å². The number of rotatable bonds is 12. The van der Waals surface area contributed by atoms with Gasteiger partial charge in [0, 0.05) is 0 Å². The number of hydrogen-bond donors (Lipinski definition) is 2. The van der Waals surface area contributed by atoms with Gasteiger partial charge in [0.2, 0.25) is 0 Å². The molecule has 0 aromatic heterocycles. The van der Waals surface area contributed by atoms with E-state index in [0.29, 0.717) is 0 Å². The number of carbonyl (C=O) groups is 2. The van der Waals surface area contributed by atoms with Crippen molar-refractivity contribution in [3.63, 3.8) is 0 Å².